The van der Waals surface area contributed by atoms with Crippen LogP contribution in [0.5, 0.6) is 0 Å². The summed E-state index contributed by atoms with van der Waals surface area (Å²) in [7, 11) is 0. The zero-order chi connectivity index (χ0) is 27.5. The highest BCUT2D eigenvalue weighted by Crippen LogP contribution is 2.37. The maximum absolute atomic E-state index is 13.3. The van der Waals surface area contributed by atoms with E-state index in [9.17, 15) is 4.79 Å². The normalized spacial score (nSPS) is 17.1. The fourth-order valence-corrected chi connectivity index (χ4v) is 5.96. The van der Waals surface area contributed by atoms with Crippen molar-refractivity contribution in [3.05, 3.63) is 96.0 Å². The van der Waals surface area contributed by atoms with E-state index >= 15 is 0 Å². The maximum atomic E-state index is 13.3. The summed E-state index contributed by atoms with van der Waals surface area (Å²) in [5.74, 6) is -0.255. The summed E-state index contributed by atoms with van der Waals surface area (Å²) in [6.45, 7) is 2.63. The van der Waals surface area contributed by atoms with Gasteiger partial charge in [-0.2, -0.15) is 0 Å². The molecular formula is C32H30N2O5S. The summed E-state index contributed by atoms with van der Waals surface area (Å²) in [5.41, 5.74) is 5.63. The number of aliphatic hydroxyl groups is 1. The van der Waals surface area contributed by atoms with Gasteiger partial charge in [-0.05, 0) is 73.9 Å². The molecular weight excluding hydrogens is 524 g/mol. The molecule has 40 heavy (non-hydrogen) atoms. The monoisotopic (exact) mass is 554 g/mol. The number of nitrogens with one attached hydrogen (secondary N) is 1. The number of fused-ring (bicyclic) bond motifs is 2. The summed E-state index contributed by atoms with van der Waals surface area (Å²) in [6, 6.07) is 21.8. The highest BCUT2D eigenvalue weighted by molar-refractivity contribution is 7.21. The third-order valence-electron chi connectivity index (χ3n) is 6.98. The van der Waals surface area contributed by atoms with Crippen LogP contribution in [0, 0.1) is 6.92 Å². The number of nitrogens with zero attached hydrogens (tertiary/aromatic N) is 1. The van der Waals surface area contributed by atoms with E-state index in [2.05, 4.69) is 24.4 Å². The quantitative estimate of drug-likeness (QED) is 0.188. The Morgan fingerprint density at radius 3 is 2.83 bits per heavy atom. The Morgan fingerprint density at radius 1 is 1.12 bits per heavy atom. The molecule has 0 radical (unpaired) electrons. The second-order valence-corrected chi connectivity index (χ2v) is 11.0. The number of ether oxygens (including phenoxy) is 2. The lowest BCUT2D eigenvalue weighted by atomic mass is 9.92. The molecule has 1 aliphatic heterocycles. The molecule has 7 nitrogen and oxygen atoms in total. The lowest BCUT2D eigenvalue weighted by Crippen LogP contribution is -2.29. The number of benzene rings is 3. The van der Waals surface area contributed by atoms with Crippen LogP contribution in [0.4, 0.5) is 5.69 Å². The molecule has 3 heterocycles. The number of hydrogen-bond donors (Lipinski definition) is 2. The first-order valence-corrected chi connectivity index (χ1v) is 14.2. The van der Waals surface area contributed by atoms with Gasteiger partial charge in [0, 0.05) is 41.1 Å². The van der Waals surface area contributed by atoms with Crippen LogP contribution >= 0.6 is 11.3 Å². The van der Waals surface area contributed by atoms with Crippen LogP contribution in [0.2, 0.25) is 0 Å². The molecule has 5 aromatic rings. The number of aliphatic hydroxyl groups excluding tert-OH is 1. The number of aromatic nitrogens is 1. The van der Waals surface area contributed by atoms with Crippen LogP contribution in [0.25, 0.3) is 31.8 Å². The first-order valence-electron chi connectivity index (χ1n) is 13.4. The van der Waals surface area contributed by atoms with Gasteiger partial charge in [0.05, 0.1) is 23.1 Å². The van der Waals surface area contributed by atoms with Crippen LogP contribution in [0.1, 0.15) is 36.3 Å². The van der Waals surface area contributed by atoms with Gasteiger partial charge in [-0.15, -0.1) is 11.3 Å². The Hall–Kier alpha value is -3.98. The van der Waals surface area contributed by atoms with Gasteiger partial charge >= 0.3 is 0 Å². The van der Waals surface area contributed by atoms with Gasteiger partial charge in [0.1, 0.15) is 10.6 Å². The molecule has 2 N–H and O–H groups in total. The van der Waals surface area contributed by atoms with Crippen LogP contribution in [-0.2, 0) is 14.3 Å². The zero-order valence-corrected chi connectivity index (χ0v) is 22.9. The Labute approximate surface area is 236 Å². The SMILES string of the molecule is Cc1ccc2nc(-c3ccc(NC(=O)C4=C[C@H](c5coc6ccccc56)C[C@H](OCCCCO)O4)cc3)sc2c1. The van der Waals surface area contributed by atoms with Crippen LogP contribution < -0.4 is 5.32 Å². The molecule has 0 spiro atoms. The van der Waals surface area contributed by atoms with Crippen molar-refractivity contribution in [3.8, 4) is 10.6 Å². The standard InChI is InChI=1S/C32H30N2O5S/c1-20-8-13-26-29(16-20)40-32(34-26)21-9-11-23(12-10-21)33-31(36)28-17-22(18-30(39-28)37-15-5-4-14-35)25-19-38-27-7-3-2-6-24(25)27/h2-3,6-13,16-17,19,22,30,35H,4-5,14-15,18H2,1H3,(H,33,36)/t22-,30+/m0/s1. The summed E-state index contributed by atoms with van der Waals surface area (Å²) in [4.78, 5) is 18.1. The molecule has 6 rings (SSSR count). The largest absolute Gasteiger partial charge is 0.464 e. The predicted octanol–water partition coefficient (Wildman–Crippen LogP) is 7.16. The number of carbonyl (C=O) groups excluding carboxylic acids is 1. The molecule has 2 aromatic heterocycles. The van der Waals surface area contributed by atoms with Crippen LogP contribution in [0.15, 0.2) is 89.2 Å². The Balaban J connectivity index is 1.20. The van der Waals surface area contributed by atoms with Gasteiger partial charge in [0.25, 0.3) is 5.91 Å². The molecule has 1 amide bonds. The highest BCUT2D eigenvalue weighted by Gasteiger charge is 2.30. The number of hydrogen-bond acceptors (Lipinski definition) is 7. The smallest absolute Gasteiger partial charge is 0.290 e. The van der Waals surface area contributed by atoms with Gasteiger partial charge in [-0.3, -0.25) is 4.79 Å². The van der Waals surface area contributed by atoms with Gasteiger partial charge in [-0.1, -0.05) is 24.3 Å². The van der Waals surface area contributed by atoms with Gasteiger partial charge in [0.15, 0.2) is 5.76 Å². The number of allylic oxidation sites excluding steroid dienone is 1. The molecule has 0 bridgehead atoms. The molecule has 0 saturated heterocycles. The third kappa shape index (κ3) is 5.65. The van der Waals surface area contributed by atoms with Crippen LogP contribution in [0.3, 0.4) is 0 Å². The second kappa shape index (κ2) is 11.6. The molecule has 1 aliphatic rings. The van der Waals surface area contributed by atoms with E-state index in [0.29, 0.717) is 31.6 Å². The molecule has 0 fully saturated rings. The molecule has 8 heteroatoms. The number of aryl methyl sites for hydroxylation is 1. The van der Waals surface area contributed by atoms with E-state index in [1.54, 1.807) is 17.6 Å². The Bertz CT molecular complexity index is 1670. The minimum Gasteiger partial charge on any atom is -0.464 e. The Morgan fingerprint density at radius 2 is 1.98 bits per heavy atom. The lowest BCUT2D eigenvalue weighted by Gasteiger charge is -2.29. The molecule has 204 valence electrons. The first kappa shape index (κ1) is 26.3. The Kier molecular flexibility index (Phi) is 7.64. The molecule has 0 aliphatic carbocycles. The average molecular weight is 555 g/mol. The fourth-order valence-electron chi connectivity index (χ4n) is 4.89. The number of amides is 1. The van der Waals surface area contributed by atoms with Gasteiger partial charge in [0.2, 0.25) is 6.29 Å². The van der Waals surface area contributed by atoms with Crippen molar-refractivity contribution in [1.29, 1.82) is 0 Å². The number of rotatable bonds is 9. The minimum absolute atomic E-state index is 0.115. The maximum Gasteiger partial charge on any atom is 0.290 e. The number of furan rings is 1. The van der Waals surface area contributed by atoms with E-state index in [0.717, 1.165) is 37.3 Å². The van der Waals surface area contributed by atoms with Crippen molar-refractivity contribution in [2.24, 2.45) is 0 Å². The van der Waals surface area contributed by atoms with E-state index in [4.69, 9.17) is 24.0 Å². The predicted molar refractivity (Wildman–Crippen MR) is 157 cm³/mol. The van der Waals surface area contributed by atoms with Crippen molar-refractivity contribution in [2.45, 2.75) is 38.4 Å². The number of para-hydroxylation sites is 1. The molecule has 2 atom stereocenters. The van der Waals surface area contributed by atoms with E-state index < -0.39 is 6.29 Å². The zero-order valence-electron chi connectivity index (χ0n) is 22.1. The second-order valence-electron chi connectivity index (χ2n) is 9.93. The minimum atomic E-state index is -0.590. The van der Waals surface area contributed by atoms with Gasteiger partial charge in [-0.25, -0.2) is 4.98 Å². The molecule has 0 unspecified atom stereocenters. The number of thiazole rings is 1. The average Bonchev–Trinajstić information content (AvgIpc) is 3.60. The third-order valence-corrected chi connectivity index (χ3v) is 8.05. The van der Waals surface area contributed by atoms with Crippen molar-refractivity contribution in [2.75, 3.05) is 18.5 Å². The van der Waals surface area contributed by atoms with Crippen LogP contribution in [-0.4, -0.2) is 35.5 Å². The van der Waals surface area contributed by atoms with Crippen molar-refractivity contribution in [3.63, 3.8) is 0 Å². The van der Waals surface area contributed by atoms with E-state index in [-0.39, 0.29) is 24.2 Å². The van der Waals surface area contributed by atoms with Gasteiger partial charge < -0.3 is 24.3 Å². The number of carbonyl (C=O) groups is 1. The first-order chi connectivity index (χ1) is 19.6. The summed E-state index contributed by atoms with van der Waals surface area (Å²) in [5, 5.41) is 14.0. The van der Waals surface area contributed by atoms with E-state index in [1.807, 2.05) is 60.7 Å². The summed E-state index contributed by atoms with van der Waals surface area (Å²) >= 11 is 1.65. The fraction of sp³-hybridized carbons (Fsp3) is 0.250. The van der Waals surface area contributed by atoms with Crippen molar-refractivity contribution in [1.82, 2.24) is 4.98 Å². The topological polar surface area (TPSA) is 93.8 Å². The van der Waals surface area contributed by atoms with E-state index in [1.165, 1.54) is 5.56 Å². The van der Waals surface area contributed by atoms with Crippen molar-refractivity contribution < 1.29 is 23.8 Å². The number of anilines is 1. The molecule has 3 aromatic carbocycles. The molecule has 0 saturated carbocycles. The summed E-state index contributed by atoms with van der Waals surface area (Å²) in [6.07, 6.45) is 4.92. The van der Waals surface area contributed by atoms with Crippen molar-refractivity contribution >= 4 is 44.1 Å². The highest BCUT2D eigenvalue weighted by atomic mass is 32.1. The summed E-state index contributed by atoms with van der Waals surface area (Å²) < 4.78 is 18.9. The lowest BCUT2D eigenvalue weighted by molar-refractivity contribution is -0.143. The number of unbranched alkanes of at least 4 members (excludes halogenated alkanes) is 1.